The summed E-state index contributed by atoms with van der Waals surface area (Å²) in [6.07, 6.45) is 0. The van der Waals surface area contributed by atoms with Gasteiger partial charge in [-0.1, -0.05) is 26.0 Å². The molecule has 0 spiro atoms. The highest BCUT2D eigenvalue weighted by Gasteiger charge is 2.19. The number of nitrogens with zero attached hydrogens (tertiary/aromatic N) is 4. The van der Waals surface area contributed by atoms with Crippen LogP contribution in [0.3, 0.4) is 0 Å². The zero-order valence-corrected chi connectivity index (χ0v) is 15.8. The molecule has 0 amide bonds. The molecule has 1 aliphatic rings. The second-order valence-electron chi connectivity index (χ2n) is 7.25. The topological polar surface area (TPSA) is 44.3 Å². The summed E-state index contributed by atoms with van der Waals surface area (Å²) in [4.78, 5) is 14.0. The van der Waals surface area contributed by atoms with Crippen LogP contribution in [0, 0.1) is 19.8 Å². The van der Waals surface area contributed by atoms with Crippen LogP contribution in [0.2, 0.25) is 0 Å². The van der Waals surface area contributed by atoms with E-state index in [1.165, 1.54) is 11.3 Å². The predicted molar refractivity (Wildman–Crippen MR) is 106 cm³/mol. The Hall–Kier alpha value is -2.30. The Bertz CT molecular complexity index is 705. The largest absolute Gasteiger partial charge is 0.370 e. The van der Waals surface area contributed by atoms with Gasteiger partial charge in [0.2, 0.25) is 0 Å². The van der Waals surface area contributed by atoms with Crippen LogP contribution in [0.25, 0.3) is 0 Å². The molecule has 5 heteroatoms. The lowest BCUT2D eigenvalue weighted by Gasteiger charge is -2.37. The van der Waals surface area contributed by atoms with Gasteiger partial charge in [0.25, 0.3) is 0 Å². The minimum atomic E-state index is 0.594. The maximum atomic E-state index is 4.65. The van der Waals surface area contributed by atoms with Gasteiger partial charge in [0.1, 0.15) is 17.5 Å². The second kappa shape index (κ2) is 7.72. The van der Waals surface area contributed by atoms with Gasteiger partial charge in [-0.05, 0) is 37.5 Å². The van der Waals surface area contributed by atoms with E-state index >= 15 is 0 Å². The number of piperazine rings is 1. The Balaban J connectivity index is 1.66. The van der Waals surface area contributed by atoms with Crippen LogP contribution in [-0.4, -0.2) is 42.7 Å². The normalized spacial score (nSPS) is 14.9. The Morgan fingerprint density at radius 3 is 2.40 bits per heavy atom. The number of hydrogen-bond donors (Lipinski definition) is 1. The van der Waals surface area contributed by atoms with Gasteiger partial charge in [-0.3, -0.25) is 0 Å². The van der Waals surface area contributed by atoms with Crippen LogP contribution < -0.4 is 15.1 Å². The number of aryl methyl sites for hydroxylation is 2. The fourth-order valence-electron chi connectivity index (χ4n) is 3.13. The van der Waals surface area contributed by atoms with E-state index in [2.05, 4.69) is 76.2 Å². The van der Waals surface area contributed by atoms with Crippen LogP contribution in [0.4, 0.5) is 17.3 Å². The predicted octanol–water partition coefficient (Wildman–Crippen LogP) is 3.49. The number of nitrogens with one attached hydrogen (secondary N) is 1. The Labute approximate surface area is 151 Å². The molecule has 2 heterocycles. The van der Waals surface area contributed by atoms with Crippen molar-refractivity contribution < 1.29 is 0 Å². The lowest BCUT2D eigenvalue weighted by molar-refractivity contribution is 0.645. The fraction of sp³-hybridized carbons (Fsp3) is 0.500. The van der Waals surface area contributed by atoms with Crippen molar-refractivity contribution in [3.8, 4) is 0 Å². The summed E-state index contributed by atoms with van der Waals surface area (Å²) in [7, 11) is 0. The molecule has 0 radical (unpaired) electrons. The molecular formula is C20H29N5. The maximum Gasteiger partial charge on any atom is 0.134 e. The SMILES string of the molecule is Cc1cccc(N2CCN(c3cc(NCC(C)C)nc(C)n3)CC2)c1. The molecule has 2 aromatic rings. The van der Waals surface area contributed by atoms with Gasteiger partial charge in [-0.15, -0.1) is 0 Å². The Morgan fingerprint density at radius 1 is 1.00 bits per heavy atom. The van der Waals surface area contributed by atoms with E-state index in [-0.39, 0.29) is 0 Å². The van der Waals surface area contributed by atoms with E-state index in [1.807, 2.05) is 6.92 Å². The Morgan fingerprint density at radius 2 is 1.72 bits per heavy atom. The number of rotatable bonds is 5. The van der Waals surface area contributed by atoms with Gasteiger partial charge in [-0.25, -0.2) is 9.97 Å². The van der Waals surface area contributed by atoms with Crippen LogP contribution in [0.5, 0.6) is 0 Å². The molecule has 1 saturated heterocycles. The quantitative estimate of drug-likeness (QED) is 0.903. The average Bonchev–Trinajstić information content (AvgIpc) is 2.60. The van der Waals surface area contributed by atoms with Crippen LogP contribution in [-0.2, 0) is 0 Å². The van der Waals surface area contributed by atoms with Crippen molar-refractivity contribution in [2.45, 2.75) is 27.7 Å². The first kappa shape index (κ1) is 17.5. The monoisotopic (exact) mass is 339 g/mol. The summed E-state index contributed by atoms with van der Waals surface area (Å²) in [6.45, 7) is 13.4. The van der Waals surface area contributed by atoms with Crippen molar-refractivity contribution in [2.24, 2.45) is 5.92 Å². The first-order chi connectivity index (χ1) is 12.0. The molecule has 0 atom stereocenters. The highest BCUT2D eigenvalue weighted by atomic mass is 15.3. The summed E-state index contributed by atoms with van der Waals surface area (Å²) in [5, 5.41) is 3.42. The lowest BCUT2D eigenvalue weighted by atomic mass is 10.2. The molecule has 0 unspecified atom stereocenters. The molecule has 1 fully saturated rings. The Kier molecular flexibility index (Phi) is 5.41. The van der Waals surface area contributed by atoms with Gasteiger partial charge < -0.3 is 15.1 Å². The molecule has 1 N–H and O–H groups in total. The fourth-order valence-corrected chi connectivity index (χ4v) is 3.13. The highest BCUT2D eigenvalue weighted by molar-refractivity contribution is 5.53. The third-order valence-electron chi connectivity index (χ3n) is 4.49. The molecule has 1 aromatic heterocycles. The van der Waals surface area contributed by atoms with Crippen molar-refractivity contribution in [2.75, 3.05) is 47.8 Å². The van der Waals surface area contributed by atoms with Crippen molar-refractivity contribution in [1.29, 1.82) is 0 Å². The van der Waals surface area contributed by atoms with Gasteiger partial charge in [0, 0.05) is 44.5 Å². The van der Waals surface area contributed by atoms with E-state index in [0.29, 0.717) is 5.92 Å². The minimum Gasteiger partial charge on any atom is -0.370 e. The minimum absolute atomic E-state index is 0.594. The summed E-state index contributed by atoms with van der Waals surface area (Å²) in [5.74, 6) is 3.38. The van der Waals surface area contributed by atoms with E-state index in [0.717, 1.165) is 50.2 Å². The third kappa shape index (κ3) is 4.62. The lowest BCUT2D eigenvalue weighted by Crippen LogP contribution is -2.47. The van der Waals surface area contributed by atoms with Crippen molar-refractivity contribution in [1.82, 2.24) is 9.97 Å². The first-order valence-electron chi connectivity index (χ1n) is 9.17. The molecule has 0 bridgehead atoms. The van der Waals surface area contributed by atoms with E-state index in [1.54, 1.807) is 0 Å². The smallest absolute Gasteiger partial charge is 0.134 e. The summed E-state index contributed by atoms with van der Waals surface area (Å²) in [5.41, 5.74) is 2.63. The molecular weight excluding hydrogens is 310 g/mol. The number of hydrogen-bond acceptors (Lipinski definition) is 5. The highest BCUT2D eigenvalue weighted by Crippen LogP contribution is 2.22. The number of anilines is 3. The van der Waals surface area contributed by atoms with Crippen molar-refractivity contribution >= 4 is 17.3 Å². The molecule has 1 aliphatic heterocycles. The second-order valence-corrected chi connectivity index (χ2v) is 7.25. The van der Waals surface area contributed by atoms with Crippen molar-refractivity contribution in [3.63, 3.8) is 0 Å². The summed E-state index contributed by atoms with van der Waals surface area (Å²) in [6, 6.07) is 10.8. The number of benzene rings is 1. The van der Waals surface area contributed by atoms with Crippen LogP contribution in [0.1, 0.15) is 25.2 Å². The molecule has 3 rings (SSSR count). The van der Waals surface area contributed by atoms with Gasteiger partial charge in [0.15, 0.2) is 0 Å². The number of aromatic nitrogens is 2. The van der Waals surface area contributed by atoms with E-state index < -0.39 is 0 Å². The molecule has 5 nitrogen and oxygen atoms in total. The summed E-state index contributed by atoms with van der Waals surface area (Å²) < 4.78 is 0. The maximum absolute atomic E-state index is 4.65. The zero-order valence-electron chi connectivity index (χ0n) is 15.8. The van der Waals surface area contributed by atoms with Crippen LogP contribution in [0.15, 0.2) is 30.3 Å². The molecule has 25 heavy (non-hydrogen) atoms. The van der Waals surface area contributed by atoms with Gasteiger partial charge in [0.05, 0.1) is 0 Å². The average molecular weight is 339 g/mol. The molecule has 0 aliphatic carbocycles. The zero-order chi connectivity index (χ0) is 17.8. The van der Waals surface area contributed by atoms with E-state index in [4.69, 9.17) is 0 Å². The summed E-state index contributed by atoms with van der Waals surface area (Å²) >= 11 is 0. The standard InChI is InChI=1S/C20H29N5/c1-15(2)14-21-19-13-20(23-17(4)22-19)25-10-8-24(9-11-25)18-7-5-6-16(3)12-18/h5-7,12-13,15H,8-11,14H2,1-4H3,(H,21,22,23). The van der Waals surface area contributed by atoms with Gasteiger partial charge in [-0.2, -0.15) is 0 Å². The third-order valence-corrected chi connectivity index (χ3v) is 4.49. The molecule has 0 saturated carbocycles. The van der Waals surface area contributed by atoms with Crippen LogP contribution >= 0.6 is 0 Å². The molecule has 1 aromatic carbocycles. The first-order valence-corrected chi connectivity index (χ1v) is 9.17. The van der Waals surface area contributed by atoms with Crippen molar-refractivity contribution in [3.05, 3.63) is 41.7 Å². The van der Waals surface area contributed by atoms with E-state index in [9.17, 15) is 0 Å². The molecule has 134 valence electrons. The van der Waals surface area contributed by atoms with Gasteiger partial charge >= 0.3 is 0 Å².